The lowest BCUT2D eigenvalue weighted by Gasteiger charge is -2.28. The first-order chi connectivity index (χ1) is 13.3. The topological polar surface area (TPSA) is 84.3 Å². The molecule has 2 aliphatic heterocycles. The average molecular weight is 370 g/mol. The maximum absolute atomic E-state index is 12.5. The van der Waals surface area contributed by atoms with Crippen LogP contribution in [0, 0.1) is 0 Å². The van der Waals surface area contributed by atoms with Crippen LogP contribution < -0.4 is 15.5 Å². The third kappa shape index (κ3) is 4.45. The Bertz CT molecular complexity index is 765. The van der Waals surface area contributed by atoms with Crippen molar-refractivity contribution in [1.82, 2.24) is 25.4 Å². The lowest BCUT2D eigenvalue weighted by atomic mass is 10.1. The molecule has 2 aromatic heterocycles. The number of rotatable bonds is 5. The Morgan fingerprint density at radius 1 is 1.33 bits per heavy atom. The summed E-state index contributed by atoms with van der Waals surface area (Å²) in [5, 5.41) is 10.8. The normalized spacial score (nSPS) is 20.4. The molecular formula is C19H26N6O2. The summed E-state index contributed by atoms with van der Waals surface area (Å²) < 4.78 is 7.29. The highest BCUT2D eigenvalue weighted by Crippen LogP contribution is 2.16. The molecule has 2 aromatic rings. The Kier molecular flexibility index (Phi) is 5.64. The first kappa shape index (κ1) is 17.9. The molecule has 4 rings (SSSR count). The van der Waals surface area contributed by atoms with Gasteiger partial charge in [-0.3, -0.25) is 9.48 Å². The molecule has 144 valence electrons. The molecule has 8 heteroatoms. The van der Waals surface area contributed by atoms with Crippen molar-refractivity contribution in [2.24, 2.45) is 0 Å². The minimum Gasteiger partial charge on any atom is -0.378 e. The van der Waals surface area contributed by atoms with Gasteiger partial charge in [0.25, 0.3) is 5.91 Å². The zero-order chi connectivity index (χ0) is 18.5. The molecule has 0 bridgehead atoms. The van der Waals surface area contributed by atoms with Gasteiger partial charge in [0.2, 0.25) is 0 Å². The zero-order valence-electron chi connectivity index (χ0n) is 15.4. The number of anilines is 1. The van der Waals surface area contributed by atoms with Gasteiger partial charge in [-0.25, -0.2) is 4.98 Å². The molecule has 2 fully saturated rings. The van der Waals surface area contributed by atoms with Crippen molar-refractivity contribution in [1.29, 1.82) is 0 Å². The van der Waals surface area contributed by atoms with Gasteiger partial charge in [0.1, 0.15) is 11.5 Å². The predicted molar refractivity (Wildman–Crippen MR) is 102 cm³/mol. The Balaban J connectivity index is 1.34. The molecule has 0 aliphatic carbocycles. The second-order valence-corrected chi connectivity index (χ2v) is 6.99. The molecule has 0 saturated carbocycles. The fraction of sp³-hybridized carbons (Fsp3) is 0.526. The Labute approximate surface area is 158 Å². The number of pyridine rings is 1. The van der Waals surface area contributed by atoms with Crippen LogP contribution in [0.5, 0.6) is 0 Å². The standard InChI is InChI=1S/C19H26N6O2/c26-19(17-4-7-25(23-17)16-2-1-5-20-14-16)22-13-15-3-6-21-18(12-15)24-8-10-27-11-9-24/h3-4,6-7,12,16,20H,1-2,5,8-11,13-14H2,(H,22,26). The lowest BCUT2D eigenvalue weighted by molar-refractivity contribution is 0.0944. The third-order valence-corrected chi connectivity index (χ3v) is 5.08. The summed E-state index contributed by atoms with van der Waals surface area (Å²) >= 11 is 0. The van der Waals surface area contributed by atoms with Crippen molar-refractivity contribution < 1.29 is 9.53 Å². The zero-order valence-corrected chi connectivity index (χ0v) is 15.4. The van der Waals surface area contributed by atoms with Gasteiger partial charge < -0.3 is 20.3 Å². The molecule has 8 nitrogen and oxygen atoms in total. The summed E-state index contributed by atoms with van der Waals surface area (Å²) in [6, 6.07) is 6.07. The largest absolute Gasteiger partial charge is 0.378 e. The summed E-state index contributed by atoms with van der Waals surface area (Å²) in [5.41, 5.74) is 1.48. The van der Waals surface area contributed by atoms with E-state index in [9.17, 15) is 4.79 Å². The van der Waals surface area contributed by atoms with E-state index in [1.54, 1.807) is 12.3 Å². The van der Waals surface area contributed by atoms with Crippen LogP contribution in [0.1, 0.15) is 34.9 Å². The molecule has 4 heterocycles. The highest BCUT2D eigenvalue weighted by atomic mass is 16.5. The molecule has 2 saturated heterocycles. The summed E-state index contributed by atoms with van der Waals surface area (Å²) in [5.74, 6) is 0.779. The molecule has 2 aliphatic rings. The second kappa shape index (κ2) is 8.49. The van der Waals surface area contributed by atoms with Crippen molar-refractivity contribution >= 4 is 11.7 Å². The minimum atomic E-state index is -0.151. The number of nitrogens with one attached hydrogen (secondary N) is 2. The summed E-state index contributed by atoms with van der Waals surface area (Å²) in [4.78, 5) is 19.1. The minimum absolute atomic E-state index is 0.151. The molecule has 2 N–H and O–H groups in total. The fourth-order valence-corrected chi connectivity index (χ4v) is 3.53. The van der Waals surface area contributed by atoms with Gasteiger partial charge in [0.05, 0.1) is 19.3 Å². The molecule has 0 radical (unpaired) electrons. The Morgan fingerprint density at radius 3 is 3.04 bits per heavy atom. The van der Waals surface area contributed by atoms with Crippen LogP contribution in [0.4, 0.5) is 5.82 Å². The van der Waals surface area contributed by atoms with Crippen LogP contribution in [0.3, 0.4) is 0 Å². The number of nitrogens with zero attached hydrogens (tertiary/aromatic N) is 4. The summed E-state index contributed by atoms with van der Waals surface area (Å²) in [6.07, 6.45) is 5.92. The molecule has 27 heavy (non-hydrogen) atoms. The van der Waals surface area contributed by atoms with Crippen molar-refractivity contribution in [3.63, 3.8) is 0 Å². The van der Waals surface area contributed by atoms with E-state index in [-0.39, 0.29) is 5.91 Å². The third-order valence-electron chi connectivity index (χ3n) is 5.08. The molecule has 0 spiro atoms. The number of ether oxygens (including phenoxy) is 1. The van der Waals surface area contributed by atoms with E-state index in [2.05, 4.69) is 25.6 Å². The maximum Gasteiger partial charge on any atom is 0.272 e. The summed E-state index contributed by atoms with van der Waals surface area (Å²) in [6.45, 7) is 5.56. The first-order valence-electron chi connectivity index (χ1n) is 9.61. The highest BCUT2D eigenvalue weighted by molar-refractivity contribution is 5.92. The average Bonchev–Trinajstić information content (AvgIpc) is 3.24. The molecule has 0 aromatic carbocycles. The number of carbonyl (C=O) groups is 1. The Hall–Kier alpha value is -2.45. The fourth-order valence-electron chi connectivity index (χ4n) is 3.53. The molecule has 1 unspecified atom stereocenters. The number of piperidine rings is 1. The van der Waals surface area contributed by atoms with E-state index in [0.29, 0.717) is 18.3 Å². The van der Waals surface area contributed by atoms with Gasteiger partial charge in [-0.15, -0.1) is 0 Å². The van der Waals surface area contributed by atoms with Crippen LogP contribution in [-0.4, -0.2) is 60.1 Å². The van der Waals surface area contributed by atoms with Gasteiger partial charge in [0.15, 0.2) is 0 Å². The van der Waals surface area contributed by atoms with Gasteiger partial charge in [-0.05, 0) is 43.1 Å². The van der Waals surface area contributed by atoms with E-state index >= 15 is 0 Å². The number of morpholine rings is 1. The van der Waals surface area contributed by atoms with Crippen molar-refractivity contribution in [2.75, 3.05) is 44.3 Å². The number of carbonyl (C=O) groups excluding carboxylic acids is 1. The van der Waals surface area contributed by atoms with Crippen molar-refractivity contribution in [3.8, 4) is 0 Å². The Morgan fingerprint density at radius 2 is 2.22 bits per heavy atom. The van der Waals surface area contributed by atoms with E-state index in [4.69, 9.17) is 4.74 Å². The number of hydrogen-bond acceptors (Lipinski definition) is 6. The van der Waals surface area contributed by atoms with Crippen molar-refractivity contribution in [3.05, 3.63) is 41.9 Å². The SMILES string of the molecule is O=C(NCc1ccnc(N2CCOCC2)c1)c1ccn(C2CCCNC2)n1. The van der Waals surface area contributed by atoms with Crippen molar-refractivity contribution in [2.45, 2.75) is 25.4 Å². The second-order valence-electron chi connectivity index (χ2n) is 6.99. The van der Waals surface area contributed by atoms with Crippen LogP contribution in [0.2, 0.25) is 0 Å². The van der Waals surface area contributed by atoms with Gasteiger partial charge in [-0.1, -0.05) is 0 Å². The highest BCUT2D eigenvalue weighted by Gasteiger charge is 2.18. The van der Waals surface area contributed by atoms with Gasteiger partial charge >= 0.3 is 0 Å². The lowest BCUT2D eigenvalue weighted by Crippen LogP contribution is -2.36. The molecule has 1 amide bonds. The predicted octanol–water partition coefficient (Wildman–Crippen LogP) is 0.969. The summed E-state index contributed by atoms with van der Waals surface area (Å²) in [7, 11) is 0. The number of amides is 1. The van der Waals surface area contributed by atoms with E-state index < -0.39 is 0 Å². The van der Waals surface area contributed by atoms with E-state index in [0.717, 1.165) is 63.6 Å². The maximum atomic E-state index is 12.5. The van der Waals surface area contributed by atoms with Crippen LogP contribution >= 0.6 is 0 Å². The monoisotopic (exact) mass is 370 g/mol. The van der Waals surface area contributed by atoms with E-state index in [1.807, 2.05) is 23.0 Å². The van der Waals surface area contributed by atoms with Gasteiger partial charge in [-0.2, -0.15) is 5.10 Å². The quantitative estimate of drug-likeness (QED) is 0.816. The van der Waals surface area contributed by atoms with E-state index in [1.165, 1.54) is 0 Å². The van der Waals surface area contributed by atoms with Crippen LogP contribution in [0.25, 0.3) is 0 Å². The van der Waals surface area contributed by atoms with Crippen LogP contribution in [-0.2, 0) is 11.3 Å². The van der Waals surface area contributed by atoms with Gasteiger partial charge in [0, 0.05) is 38.6 Å². The van der Waals surface area contributed by atoms with Crippen LogP contribution in [0.15, 0.2) is 30.6 Å². The number of hydrogen-bond donors (Lipinski definition) is 2. The molecular weight excluding hydrogens is 344 g/mol. The number of aromatic nitrogens is 3. The smallest absolute Gasteiger partial charge is 0.272 e. The molecule has 1 atom stereocenters. The first-order valence-corrected chi connectivity index (χ1v) is 9.61.